The zero-order chi connectivity index (χ0) is 13.7. The van der Waals surface area contributed by atoms with E-state index in [2.05, 4.69) is 24.1 Å². The minimum atomic E-state index is 0.766. The molecule has 1 fully saturated rings. The SMILES string of the molecule is COc1ccc(N(C)CC2CCC(CN)CC2)cc1. The molecule has 0 spiro atoms. The first-order chi connectivity index (χ1) is 9.22. The van der Waals surface area contributed by atoms with Crippen LogP contribution in [-0.2, 0) is 0 Å². The maximum Gasteiger partial charge on any atom is 0.119 e. The second-order valence-electron chi connectivity index (χ2n) is 5.70. The van der Waals surface area contributed by atoms with Gasteiger partial charge < -0.3 is 15.4 Å². The maximum atomic E-state index is 5.75. The second-order valence-corrected chi connectivity index (χ2v) is 5.70. The third-order valence-electron chi connectivity index (χ3n) is 4.34. The molecule has 1 saturated carbocycles. The molecule has 2 N–H and O–H groups in total. The highest BCUT2D eigenvalue weighted by Crippen LogP contribution is 2.29. The summed E-state index contributed by atoms with van der Waals surface area (Å²) in [6.45, 7) is 2.00. The molecule has 19 heavy (non-hydrogen) atoms. The number of methoxy groups -OCH3 is 1. The number of rotatable bonds is 5. The Morgan fingerprint density at radius 2 is 1.68 bits per heavy atom. The lowest BCUT2D eigenvalue weighted by Crippen LogP contribution is -2.30. The third kappa shape index (κ3) is 3.87. The Hall–Kier alpha value is -1.22. The van der Waals surface area contributed by atoms with E-state index in [9.17, 15) is 0 Å². The molecule has 3 heteroatoms. The molecule has 1 aromatic carbocycles. The van der Waals surface area contributed by atoms with Crippen molar-refractivity contribution in [1.29, 1.82) is 0 Å². The van der Waals surface area contributed by atoms with Gasteiger partial charge in [0.05, 0.1) is 7.11 Å². The standard InChI is InChI=1S/C16H26N2O/c1-18(15-7-9-16(19-2)10-8-15)12-14-5-3-13(11-17)4-6-14/h7-10,13-14H,3-6,11-12,17H2,1-2H3. The summed E-state index contributed by atoms with van der Waals surface area (Å²) in [7, 11) is 3.88. The summed E-state index contributed by atoms with van der Waals surface area (Å²) < 4.78 is 5.19. The van der Waals surface area contributed by atoms with Crippen molar-refractivity contribution in [3.05, 3.63) is 24.3 Å². The molecule has 3 nitrogen and oxygen atoms in total. The van der Waals surface area contributed by atoms with Gasteiger partial charge in [-0.1, -0.05) is 0 Å². The van der Waals surface area contributed by atoms with Crippen LogP contribution in [0, 0.1) is 11.8 Å². The molecule has 2 rings (SSSR count). The van der Waals surface area contributed by atoms with Gasteiger partial charge in [-0.25, -0.2) is 0 Å². The Bertz CT molecular complexity index is 369. The van der Waals surface area contributed by atoms with E-state index >= 15 is 0 Å². The molecule has 106 valence electrons. The Morgan fingerprint density at radius 3 is 2.21 bits per heavy atom. The third-order valence-corrected chi connectivity index (χ3v) is 4.34. The summed E-state index contributed by atoms with van der Waals surface area (Å²) >= 11 is 0. The summed E-state index contributed by atoms with van der Waals surface area (Å²) in [5.74, 6) is 2.50. The van der Waals surface area contributed by atoms with Gasteiger partial charge in [-0.15, -0.1) is 0 Å². The van der Waals surface area contributed by atoms with Crippen molar-refractivity contribution < 1.29 is 4.74 Å². The first kappa shape index (κ1) is 14.2. The van der Waals surface area contributed by atoms with Crippen molar-refractivity contribution in [1.82, 2.24) is 0 Å². The molecular weight excluding hydrogens is 236 g/mol. The largest absolute Gasteiger partial charge is 0.497 e. The van der Waals surface area contributed by atoms with Gasteiger partial charge in [-0.3, -0.25) is 0 Å². The van der Waals surface area contributed by atoms with Crippen molar-refractivity contribution in [3.8, 4) is 5.75 Å². The average Bonchev–Trinajstić information content (AvgIpc) is 2.48. The fourth-order valence-corrected chi connectivity index (χ4v) is 2.98. The molecule has 0 atom stereocenters. The van der Waals surface area contributed by atoms with Gasteiger partial charge in [-0.2, -0.15) is 0 Å². The number of hydrogen-bond donors (Lipinski definition) is 1. The van der Waals surface area contributed by atoms with E-state index in [1.165, 1.54) is 31.4 Å². The van der Waals surface area contributed by atoms with Crippen LogP contribution in [0.2, 0.25) is 0 Å². The summed E-state index contributed by atoms with van der Waals surface area (Å²) in [4.78, 5) is 2.35. The Kier molecular flexibility index (Phi) is 5.08. The molecule has 0 radical (unpaired) electrons. The van der Waals surface area contributed by atoms with Crippen molar-refractivity contribution >= 4 is 5.69 Å². The molecule has 0 amide bonds. The lowest BCUT2D eigenvalue weighted by molar-refractivity contribution is 0.283. The molecular formula is C16H26N2O. The first-order valence-corrected chi connectivity index (χ1v) is 7.28. The fraction of sp³-hybridized carbons (Fsp3) is 0.625. The number of nitrogens with two attached hydrogens (primary N) is 1. The van der Waals surface area contributed by atoms with Crippen LogP contribution in [0.25, 0.3) is 0 Å². The van der Waals surface area contributed by atoms with E-state index in [-0.39, 0.29) is 0 Å². The van der Waals surface area contributed by atoms with Gasteiger partial charge in [0.1, 0.15) is 5.75 Å². The van der Waals surface area contributed by atoms with E-state index in [0.717, 1.165) is 30.7 Å². The van der Waals surface area contributed by atoms with Crippen LogP contribution in [0.5, 0.6) is 5.75 Å². The lowest BCUT2D eigenvalue weighted by Gasteiger charge is -2.31. The van der Waals surface area contributed by atoms with Gasteiger partial charge in [-0.05, 0) is 68.3 Å². The zero-order valence-electron chi connectivity index (χ0n) is 12.1. The quantitative estimate of drug-likeness (QED) is 0.886. The fourth-order valence-electron chi connectivity index (χ4n) is 2.98. The van der Waals surface area contributed by atoms with Gasteiger partial charge in [0, 0.05) is 19.3 Å². The lowest BCUT2D eigenvalue weighted by atomic mass is 9.82. The van der Waals surface area contributed by atoms with Crippen molar-refractivity contribution in [3.63, 3.8) is 0 Å². The van der Waals surface area contributed by atoms with Crippen LogP contribution in [0.3, 0.4) is 0 Å². The smallest absolute Gasteiger partial charge is 0.119 e. The Labute approximate surface area is 116 Å². The normalized spacial score (nSPS) is 23.1. The van der Waals surface area contributed by atoms with E-state index in [4.69, 9.17) is 10.5 Å². The van der Waals surface area contributed by atoms with E-state index in [1.807, 2.05) is 12.1 Å². The van der Waals surface area contributed by atoms with Gasteiger partial charge in [0.2, 0.25) is 0 Å². The molecule has 0 saturated heterocycles. The monoisotopic (exact) mass is 262 g/mol. The predicted octanol–water partition coefficient (Wildman–Crippen LogP) is 2.90. The predicted molar refractivity (Wildman–Crippen MR) is 80.8 cm³/mol. The molecule has 1 aliphatic carbocycles. The Morgan fingerprint density at radius 1 is 1.11 bits per heavy atom. The average molecular weight is 262 g/mol. The highest BCUT2D eigenvalue weighted by atomic mass is 16.5. The second kappa shape index (κ2) is 6.80. The molecule has 0 aromatic heterocycles. The highest BCUT2D eigenvalue weighted by molar-refractivity contribution is 5.48. The van der Waals surface area contributed by atoms with Crippen LogP contribution in [-0.4, -0.2) is 27.2 Å². The first-order valence-electron chi connectivity index (χ1n) is 7.28. The molecule has 0 bridgehead atoms. The number of nitrogens with zero attached hydrogens (tertiary/aromatic N) is 1. The number of ether oxygens (including phenoxy) is 1. The maximum absolute atomic E-state index is 5.75. The minimum absolute atomic E-state index is 0.766. The molecule has 1 aromatic rings. The summed E-state index contributed by atoms with van der Waals surface area (Å²) in [6, 6.07) is 8.31. The van der Waals surface area contributed by atoms with Crippen molar-refractivity contribution in [2.45, 2.75) is 25.7 Å². The van der Waals surface area contributed by atoms with Crippen LogP contribution >= 0.6 is 0 Å². The summed E-state index contributed by atoms with van der Waals surface area (Å²) in [6.07, 6.45) is 5.25. The van der Waals surface area contributed by atoms with Gasteiger partial charge >= 0.3 is 0 Å². The summed E-state index contributed by atoms with van der Waals surface area (Å²) in [5.41, 5.74) is 7.01. The van der Waals surface area contributed by atoms with E-state index in [0.29, 0.717) is 0 Å². The van der Waals surface area contributed by atoms with Crippen LogP contribution in [0.4, 0.5) is 5.69 Å². The Balaban J connectivity index is 1.85. The molecule has 0 heterocycles. The molecule has 1 aliphatic rings. The molecule has 0 aliphatic heterocycles. The topological polar surface area (TPSA) is 38.5 Å². The van der Waals surface area contributed by atoms with Crippen LogP contribution in [0.1, 0.15) is 25.7 Å². The number of benzene rings is 1. The number of anilines is 1. The molecule has 0 unspecified atom stereocenters. The van der Waals surface area contributed by atoms with E-state index < -0.39 is 0 Å². The van der Waals surface area contributed by atoms with Crippen molar-refractivity contribution in [2.24, 2.45) is 17.6 Å². The highest BCUT2D eigenvalue weighted by Gasteiger charge is 2.21. The van der Waals surface area contributed by atoms with Crippen LogP contribution in [0.15, 0.2) is 24.3 Å². The number of hydrogen-bond acceptors (Lipinski definition) is 3. The zero-order valence-corrected chi connectivity index (χ0v) is 12.1. The van der Waals surface area contributed by atoms with Gasteiger partial charge in [0.15, 0.2) is 0 Å². The summed E-state index contributed by atoms with van der Waals surface area (Å²) in [5, 5.41) is 0. The van der Waals surface area contributed by atoms with Crippen LogP contribution < -0.4 is 15.4 Å². The minimum Gasteiger partial charge on any atom is -0.497 e. The van der Waals surface area contributed by atoms with Gasteiger partial charge in [0.25, 0.3) is 0 Å². The van der Waals surface area contributed by atoms with Crippen molar-refractivity contribution in [2.75, 3.05) is 32.1 Å². The van der Waals surface area contributed by atoms with E-state index in [1.54, 1.807) is 7.11 Å².